The molecule has 9 heteroatoms. The van der Waals surface area contributed by atoms with Crippen molar-refractivity contribution in [3.8, 4) is 5.69 Å². The molecule has 2 N–H and O–H groups in total. The normalized spacial score (nSPS) is 15.2. The lowest BCUT2D eigenvalue weighted by atomic mass is 10.1. The van der Waals surface area contributed by atoms with Gasteiger partial charge in [0.1, 0.15) is 6.54 Å². The van der Waals surface area contributed by atoms with Crippen LogP contribution in [-0.2, 0) is 11.3 Å². The predicted octanol–water partition coefficient (Wildman–Crippen LogP) is 2.64. The van der Waals surface area contributed by atoms with Crippen molar-refractivity contribution in [3.05, 3.63) is 82.9 Å². The molecule has 1 unspecified atom stereocenters. The van der Waals surface area contributed by atoms with Crippen LogP contribution in [0.3, 0.4) is 0 Å². The Bertz CT molecular complexity index is 1560. The number of carboxylic acid groups (broad SMARTS) is 1. The average molecular weight is 426 g/mol. The maximum absolute atomic E-state index is 13.0. The van der Waals surface area contributed by atoms with Gasteiger partial charge in [0.15, 0.2) is 5.65 Å². The standard InChI is InChI=1S/C23H18N6O3/c30-20(31)13-27-18-6-3-11-24-21(18)28(23(27)32)15-9-7-14(8-10-15)19-12-25-22-26-16-4-1-2-5-17(16)29(19)22/h1-11,19H,12-13H2,(H,25,26)(H,30,31). The monoisotopic (exact) mass is 426 g/mol. The molecule has 0 saturated carbocycles. The van der Waals surface area contributed by atoms with Gasteiger partial charge >= 0.3 is 11.7 Å². The molecule has 1 aliphatic rings. The van der Waals surface area contributed by atoms with Gasteiger partial charge in [0.05, 0.1) is 28.3 Å². The molecule has 0 amide bonds. The Balaban J connectivity index is 1.43. The number of rotatable bonds is 4. The average Bonchev–Trinajstić information content (AvgIpc) is 3.45. The Hall–Kier alpha value is -4.40. The topological polar surface area (TPSA) is 107 Å². The number of carboxylic acids is 1. The van der Waals surface area contributed by atoms with Gasteiger partial charge in [-0.3, -0.25) is 9.36 Å². The van der Waals surface area contributed by atoms with E-state index < -0.39 is 18.2 Å². The van der Waals surface area contributed by atoms with E-state index in [4.69, 9.17) is 0 Å². The number of anilines is 1. The van der Waals surface area contributed by atoms with E-state index in [0.717, 1.165) is 29.1 Å². The van der Waals surface area contributed by atoms with Gasteiger partial charge in [0.2, 0.25) is 5.95 Å². The van der Waals surface area contributed by atoms with Crippen molar-refractivity contribution in [1.82, 2.24) is 23.7 Å². The summed E-state index contributed by atoms with van der Waals surface area (Å²) < 4.78 is 4.87. The van der Waals surface area contributed by atoms with E-state index in [-0.39, 0.29) is 6.04 Å². The number of aliphatic carboxylic acids is 1. The van der Waals surface area contributed by atoms with Crippen LogP contribution in [0.1, 0.15) is 11.6 Å². The van der Waals surface area contributed by atoms with E-state index in [1.54, 1.807) is 18.3 Å². The van der Waals surface area contributed by atoms with Crippen LogP contribution < -0.4 is 11.0 Å². The third-order valence-corrected chi connectivity index (χ3v) is 5.88. The lowest BCUT2D eigenvalue weighted by Gasteiger charge is -2.14. The predicted molar refractivity (Wildman–Crippen MR) is 119 cm³/mol. The fourth-order valence-electron chi connectivity index (χ4n) is 4.48. The smallest absolute Gasteiger partial charge is 0.335 e. The van der Waals surface area contributed by atoms with Crippen LogP contribution in [0.15, 0.2) is 71.7 Å². The number of carbonyl (C=O) groups is 1. The van der Waals surface area contributed by atoms with Gasteiger partial charge in [-0.15, -0.1) is 0 Å². The van der Waals surface area contributed by atoms with Crippen LogP contribution in [0.2, 0.25) is 0 Å². The van der Waals surface area contributed by atoms with Gasteiger partial charge < -0.3 is 15.0 Å². The molecule has 0 radical (unpaired) electrons. The van der Waals surface area contributed by atoms with Crippen molar-refractivity contribution in [1.29, 1.82) is 0 Å². The largest absolute Gasteiger partial charge is 0.480 e. The van der Waals surface area contributed by atoms with Crippen LogP contribution in [0.25, 0.3) is 27.9 Å². The first-order valence-corrected chi connectivity index (χ1v) is 10.2. The van der Waals surface area contributed by atoms with Crippen LogP contribution in [-0.4, -0.2) is 41.3 Å². The number of pyridine rings is 1. The molecule has 9 nitrogen and oxygen atoms in total. The van der Waals surface area contributed by atoms with Gasteiger partial charge in [-0.05, 0) is 42.0 Å². The number of hydrogen-bond acceptors (Lipinski definition) is 5. The van der Waals surface area contributed by atoms with Crippen molar-refractivity contribution in [3.63, 3.8) is 0 Å². The summed E-state index contributed by atoms with van der Waals surface area (Å²) in [4.78, 5) is 33.3. The summed E-state index contributed by atoms with van der Waals surface area (Å²) in [6.07, 6.45) is 1.59. The van der Waals surface area contributed by atoms with Crippen molar-refractivity contribution >= 4 is 34.1 Å². The summed E-state index contributed by atoms with van der Waals surface area (Å²) >= 11 is 0. The second-order valence-electron chi connectivity index (χ2n) is 7.73. The minimum Gasteiger partial charge on any atom is -0.480 e. The van der Waals surface area contributed by atoms with Gasteiger partial charge in [-0.2, -0.15) is 0 Å². The van der Waals surface area contributed by atoms with E-state index >= 15 is 0 Å². The van der Waals surface area contributed by atoms with Gasteiger partial charge in [0, 0.05) is 12.7 Å². The summed E-state index contributed by atoms with van der Waals surface area (Å²) in [6, 6.07) is 19.2. The van der Waals surface area contributed by atoms with Crippen molar-refractivity contribution in [2.45, 2.75) is 12.6 Å². The number of aromatic nitrogens is 5. The first-order valence-electron chi connectivity index (χ1n) is 10.2. The maximum atomic E-state index is 13.0. The maximum Gasteiger partial charge on any atom is 0.335 e. The molecule has 0 spiro atoms. The van der Waals surface area contributed by atoms with E-state index in [1.165, 1.54) is 9.13 Å². The molecular formula is C23H18N6O3. The summed E-state index contributed by atoms with van der Waals surface area (Å²) in [5, 5.41) is 12.6. The van der Waals surface area contributed by atoms with Crippen molar-refractivity contribution in [2.24, 2.45) is 0 Å². The molecule has 0 saturated heterocycles. The van der Waals surface area contributed by atoms with Crippen molar-refractivity contribution in [2.75, 3.05) is 11.9 Å². The van der Waals surface area contributed by atoms with E-state index in [0.29, 0.717) is 16.9 Å². The molecule has 0 bridgehead atoms. The number of para-hydroxylation sites is 2. The zero-order valence-corrected chi connectivity index (χ0v) is 16.8. The Morgan fingerprint density at radius 3 is 2.66 bits per heavy atom. The third-order valence-electron chi connectivity index (χ3n) is 5.88. The van der Waals surface area contributed by atoms with E-state index in [2.05, 4.69) is 25.9 Å². The van der Waals surface area contributed by atoms with Crippen LogP contribution >= 0.6 is 0 Å². The quantitative estimate of drug-likeness (QED) is 0.458. The first kappa shape index (κ1) is 18.4. The van der Waals surface area contributed by atoms with E-state index in [1.807, 2.05) is 42.5 Å². The van der Waals surface area contributed by atoms with Gasteiger partial charge in [0.25, 0.3) is 0 Å². The van der Waals surface area contributed by atoms with Crippen molar-refractivity contribution < 1.29 is 9.90 Å². The third kappa shape index (κ3) is 2.64. The first-order chi connectivity index (χ1) is 15.6. The lowest BCUT2D eigenvalue weighted by molar-refractivity contribution is -0.137. The molecule has 5 aromatic rings. The molecule has 0 fully saturated rings. The molecular weight excluding hydrogens is 408 g/mol. The van der Waals surface area contributed by atoms with Crippen LogP contribution in [0.5, 0.6) is 0 Å². The SMILES string of the molecule is O=C(O)Cn1c(=O)n(-c2ccc(C3CNc4nc5ccccc5n43)cc2)c2ncccc21. The summed E-state index contributed by atoms with van der Waals surface area (Å²) in [5.74, 6) is -0.236. The molecule has 2 aromatic carbocycles. The summed E-state index contributed by atoms with van der Waals surface area (Å²) in [7, 11) is 0. The number of nitrogens with one attached hydrogen (secondary N) is 1. The minimum atomic E-state index is -1.08. The number of hydrogen-bond donors (Lipinski definition) is 2. The number of nitrogens with zero attached hydrogens (tertiary/aromatic N) is 5. The van der Waals surface area contributed by atoms with Crippen LogP contribution in [0.4, 0.5) is 5.95 Å². The Kier molecular flexibility index (Phi) is 3.91. The Morgan fingerprint density at radius 1 is 1.06 bits per heavy atom. The molecule has 6 rings (SSSR count). The van der Waals surface area contributed by atoms with E-state index in [9.17, 15) is 14.7 Å². The molecule has 0 aliphatic carbocycles. The second kappa shape index (κ2) is 6.81. The Labute approximate surface area is 181 Å². The highest BCUT2D eigenvalue weighted by Gasteiger charge is 2.27. The zero-order chi connectivity index (χ0) is 21.8. The van der Waals surface area contributed by atoms with Gasteiger partial charge in [-0.1, -0.05) is 24.3 Å². The van der Waals surface area contributed by atoms with Gasteiger partial charge in [-0.25, -0.2) is 19.3 Å². The lowest BCUT2D eigenvalue weighted by Crippen LogP contribution is -2.26. The molecule has 4 heterocycles. The van der Waals surface area contributed by atoms with Crippen LogP contribution in [0, 0.1) is 0 Å². The molecule has 158 valence electrons. The summed E-state index contributed by atoms with van der Waals surface area (Å²) in [6.45, 7) is 0.308. The molecule has 1 aliphatic heterocycles. The highest BCUT2D eigenvalue weighted by atomic mass is 16.4. The number of imidazole rings is 2. The number of fused-ring (bicyclic) bond motifs is 4. The number of benzene rings is 2. The molecule has 1 atom stereocenters. The second-order valence-corrected chi connectivity index (χ2v) is 7.73. The molecule has 3 aromatic heterocycles. The fourth-order valence-corrected chi connectivity index (χ4v) is 4.48. The minimum absolute atomic E-state index is 0.0784. The molecule has 32 heavy (non-hydrogen) atoms. The Morgan fingerprint density at radius 2 is 1.84 bits per heavy atom. The fraction of sp³-hybridized carbons (Fsp3) is 0.130. The highest BCUT2D eigenvalue weighted by molar-refractivity contribution is 5.80. The highest BCUT2D eigenvalue weighted by Crippen LogP contribution is 2.33. The summed E-state index contributed by atoms with van der Waals surface area (Å²) in [5.41, 5.74) is 4.21. The zero-order valence-electron chi connectivity index (χ0n) is 16.8.